The molecule has 0 fully saturated rings. The maximum atomic E-state index is 2.62. The maximum Gasteiger partial charge on any atom is 0.0543 e. The van der Waals surface area contributed by atoms with E-state index >= 15 is 0 Å². The number of benzene rings is 6. The Balaban J connectivity index is 1.34. The number of fused-ring (bicyclic) bond motifs is 5. The van der Waals surface area contributed by atoms with Crippen LogP contribution in [0.25, 0.3) is 33.4 Å². The average Bonchev–Trinajstić information content (AvgIpc) is 3.41. The van der Waals surface area contributed by atoms with Crippen molar-refractivity contribution < 1.29 is 0 Å². The summed E-state index contributed by atoms with van der Waals surface area (Å²) in [5.74, 6) is 0. The Morgan fingerprint density at radius 2 is 0.804 bits per heavy atom. The van der Waals surface area contributed by atoms with E-state index in [4.69, 9.17) is 0 Å². The largest absolute Gasteiger partial charge is 0.310 e. The zero-order chi connectivity index (χ0) is 39.4. The minimum absolute atomic E-state index is 0.0894. The number of nitrogens with zero attached hydrogens (tertiary/aromatic N) is 1. The van der Waals surface area contributed by atoms with E-state index in [1.807, 2.05) is 0 Å². The highest BCUT2D eigenvalue weighted by Gasteiger charge is 2.41. The van der Waals surface area contributed by atoms with Crippen LogP contribution >= 0.6 is 0 Å². The van der Waals surface area contributed by atoms with Gasteiger partial charge in [0.05, 0.1) is 5.69 Å². The van der Waals surface area contributed by atoms with Crippen LogP contribution in [0.5, 0.6) is 0 Å². The summed E-state index contributed by atoms with van der Waals surface area (Å²) in [4.78, 5) is 2.62. The van der Waals surface area contributed by atoms with Crippen molar-refractivity contribution in [3.05, 3.63) is 161 Å². The van der Waals surface area contributed by atoms with Crippen LogP contribution in [0, 0.1) is 0 Å². The molecule has 0 amide bonds. The van der Waals surface area contributed by atoms with E-state index in [2.05, 4.69) is 202 Å². The summed E-state index contributed by atoms with van der Waals surface area (Å²) < 4.78 is 0. The highest BCUT2D eigenvalue weighted by molar-refractivity contribution is 5.95. The number of hydrogen-bond acceptors (Lipinski definition) is 1. The molecule has 0 spiro atoms. The molecule has 0 unspecified atom stereocenters. The summed E-state index contributed by atoms with van der Waals surface area (Å²) in [6, 6.07) is 49.1. The van der Waals surface area contributed by atoms with Crippen molar-refractivity contribution in [2.75, 3.05) is 4.90 Å². The van der Waals surface area contributed by atoms with Crippen LogP contribution in [0.1, 0.15) is 128 Å². The fourth-order valence-electron chi connectivity index (χ4n) is 10.5. The molecule has 0 aliphatic heterocycles. The Bertz CT molecular complexity index is 2410. The molecule has 3 aliphatic rings. The molecular formula is C55H59N. The van der Waals surface area contributed by atoms with Gasteiger partial charge in [0.1, 0.15) is 0 Å². The summed E-state index contributed by atoms with van der Waals surface area (Å²) in [6.45, 7) is 24.4. The molecule has 56 heavy (non-hydrogen) atoms. The van der Waals surface area contributed by atoms with Crippen molar-refractivity contribution >= 4 is 17.1 Å². The molecule has 3 aliphatic carbocycles. The van der Waals surface area contributed by atoms with Gasteiger partial charge >= 0.3 is 0 Å². The third-order valence-corrected chi connectivity index (χ3v) is 14.4. The first kappa shape index (κ1) is 36.7. The Morgan fingerprint density at radius 1 is 0.339 bits per heavy atom. The summed E-state index contributed by atoms with van der Waals surface area (Å²) in [5, 5.41) is 0. The van der Waals surface area contributed by atoms with E-state index in [1.54, 1.807) is 0 Å². The molecule has 0 aromatic heterocycles. The second-order valence-electron chi connectivity index (χ2n) is 20.4. The third kappa shape index (κ3) is 5.79. The van der Waals surface area contributed by atoms with Crippen molar-refractivity contribution in [1.29, 1.82) is 0 Å². The minimum Gasteiger partial charge on any atom is -0.310 e. The van der Waals surface area contributed by atoms with Gasteiger partial charge in [-0.15, -0.1) is 0 Å². The number of hydrogen-bond donors (Lipinski definition) is 0. The van der Waals surface area contributed by atoms with Gasteiger partial charge in [0.25, 0.3) is 0 Å². The van der Waals surface area contributed by atoms with E-state index in [9.17, 15) is 0 Å². The Hall–Kier alpha value is -4.88. The van der Waals surface area contributed by atoms with Crippen molar-refractivity contribution in [2.24, 2.45) is 0 Å². The van der Waals surface area contributed by atoms with Gasteiger partial charge in [-0.25, -0.2) is 0 Å². The minimum atomic E-state index is -0.133. The van der Waals surface area contributed by atoms with Gasteiger partial charge in [0.2, 0.25) is 0 Å². The average molecular weight is 734 g/mol. The Morgan fingerprint density at radius 3 is 1.36 bits per heavy atom. The summed E-state index contributed by atoms with van der Waals surface area (Å²) in [7, 11) is 0. The zero-order valence-electron chi connectivity index (χ0n) is 35.4. The van der Waals surface area contributed by atoms with E-state index in [0.29, 0.717) is 0 Å². The van der Waals surface area contributed by atoms with Crippen molar-refractivity contribution in [1.82, 2.24) is 0 Å². The first-order valence-corrected chi connectivity index (χ1v) is 21.0. The van der Waals surface area contributed by atoms with Gasteiger partial charge in [-0.3, -0.25) is 0 Å². The van der Waals surface area contributed by atoms with Crippen LogP contribution in [0.15, 0.2) is 127 Å². The maximum absolute atomic E-state index is 2.62. The molecule has 0 bridgehead atoms. The van der Waals surface area contributed by atoms with E-state index in [-0.39, 0.29) is 27.1 Å². The fourth-order valence-corrected chi connectivity index (χ4v) is 10.5. The van der Waals surface area contributed by atoms with Crippen molar-refractivity contribution in [3.63, 3.8) is 0 Å². The van der Waals surface area contributed by atoms with Crippen LogP contribution in [0.4, 0.5) is 17.1 Å². The molecule has 1 nitrogen and oxygen atoms in total. The lowest BCUT2D eigenvalue weighted by Gasteiger charge is -2.43. The number of rotatable bonds is 5. The quantitative estimate of drug-likeness (QED) is 0.171. The Labute approximate surface area is 336 Å². The first-order chi connectivity index (χ1) is 26.5. The lowest BCUT2D eigenvalue weighted by atomic mass is 9.63. The molecule has 0 saturated carbocycles. The molecule has 0 heterocycles. The van der Waals surface area contributed by atoms with Crippen LogP contribution in [0.3, 0.4) is 0 Å². The highest BCUT2D eigenvalue weighted by atomic mass is 15.1. The zero-order valence-corrected chi connectivity index (χ0v) is 35.4. The molecule has 6 aromatic rings. The molecule has 284 valence electrons. The molecule has 0 atom stereocenters. The predicted octanol–water partition coefficient (Wildman–Crippen LogP) is 15.5. The molecule has 9 rings (SSSR count). The number of anilines is 3. The highest BCUT2D eigenvalue weighted by Crippen LogP contribution is 2.55. The lowest BCUT2D eigenvalue weighted by molar-refractivity contribution is 0.332. The molecule has 0 N–H and O–H groups in total. The molecular weight excluding hydrogens is 675 g/mol. The van der Waals surface area contributed by atoms with Crippen molar-refractivity contribution in [3.8, 4) is 33.4 Å². The fraction of sp³-hybridized carbons (Fsp3) is 0.345. The summed E-state index contributed by atoms with van der Waals surface area (Å²) >= 11 is 0. The second kappa shape index (κ2) is 12.6. The van der Waals surface area contributed by atoms with Crippen LogP contribution in [-0.4, -0.2) is 0 Å². The summed E-state index contributed by atoms with van der Waals surface area (Å²) in [6.07, 6.45) is 4.77. The molecule has 1 heteroatoms. The van der Waals surface area contributed by atoms with Crippen molar-refractivity contribution in [2.45, 2.75) is 122 Å². The van der Waals surface area contributed by atoms with E-state index in [1.165, 1.54) is 110 Å². The SMILES string of the molecule is CC1(C)CCC(C)(C)c2cc(N(c3ccc4c(c3)C(C)(C)CCC4(C)C)c3cc4c(cc3-c3ccc(-c5ccccc5)cc3)-c3ccccc3C4(C)C)ccc21. The summed E-state index contributed by atoms with van der Waals surface area (Å²) in [5.41, 5.74) is 20.4. The van der Waals surface area contributed by atoms with Gasteiger partial charge in [-0.1, -0.05) is 160 Å². The second-order valence-corrected chi connectivity index (χ2v) is 20.4. The smallest absolute Gasteiger partial charge is 0.0543 e. The van der Waals surface area contributed by atoms with Gasteiger partial charge in [-0.2, -0.15) is 0 Å². The van der Waals surface area contributed by atoms with E-state index in [0.717, 1.165) is 0 Å². The molecule has 0 radical (unpaired) electrons. The van der Waals surface area contributed by atoms with Gasteiger partial charge in [-0.05, 0) is 145 Å². The van der Waals surface area contributed by atoms with Crippen LogP contribution < -0.4 is 4.90 Å². The predicted molar refractivity (Wildman–Crippen MR) is 240 cm³/mol. The normalized spacial score (nSPS) is 19.0. The topological polar surface area (TPSA) is 3.24 Å². The van der Waals surface area contributed by atoms with Crippen LogP contribution in [0.2, 0.25) is 0 Å². The standard InChI is InChI=1S/C55H59N/c1-51(2)28-30-53(5,6)48-32-39(24-26-45(48)51)56(40-25-27-46-49(33-40)54(7,8)31-29-52(46,3)4)50-35-47-43(41-18-14-15-19-44(41)55(47,9)10)34-42(50)38-22-20-37(21-23-38)36-16-12-11-13-17-36/h11-27,32-35H,28-31H2,1-10H3. The van der Waals surface area contributed by atoms with Crippen LogP contribution in [-0.2, 0) is 27.1 Å². The lowest BCUT2D eigenvalue weighted by Crippen LogP contribution is -2.34. The molecule has 6 aromatic carbocycles. The third-order valence-electron chi connectivity index (χ3n) is 14.4. The first-order valence-electron chi connectivity index (χ1n) is 21.0. The van der Waals surface area contributed by atoms with E-state index < -0.39 is 0 Å². The van der Waals surface area contributed by atoms with Gasteiger partial charge in [0.15, 0.2) is 0 Å². The van der Waals surface area contributed by atoms with Gasteiger partial charge in [0, 0.05) is 22.4 Å². The molecule has 0 saturated heterocycles. The monoisotopic (exact) mass is 733 g/mol. The Kier molecular flexibility index (Phi) is 8.24. The van der Waals surface area contributed by atoms with Gasteiger partial charge < -0.3 is 4.90 Å².